The van der Waals surface area contributed by atoms with E-state index in [-0.39, 0.29) is 5.91 Å². The van der Waals surface area contributed by atoms with Crippen LogP contribution >= 0.6 is 11.8 Å². The monoisotopic (exact) mass is 276 g/mol. The summed E-state index contributed by atoms with van der Waals surface area (Å²) in [5.41, 5.74) is 4.64. The zero-order valence-electron chi connectivity index (χ0n) is 11.2. The van der Waals surface area contributed by atoms with Crippen molar-refractivity contribution in [3.63, 3.8) is 0 Å². The van der Waals surface area contributed by atoms with E-state index in [1.165, 1.54) is 11.8 Å². The lowest BCUT2D eigenvalue weighted by atomic mass is 9.92. The molecule has 0 saturated carbocycles. The van der Waals surface area contributed by atoms with E-state index in [0.717, 1.165) is 12.2 Å². The maximum Gasteiger partial charge on any atom is 0.323 e. The second kappa shape index (κ2) is 9.22. The van der Waals surface area contributed by atoms with Crippen molar-refractivity contribution in [3.8, 4) is 0 Å². The predicted molar refractivity (Wildman–Crippen MR) is 74.7 cm³/mol. The Labute approximate surface area is 113 Å². The van der Waals surface area contributed by atoms with E-state index in [1.807, 2.05) is 6.92 Å². The average molecular weight is 276 g/mol. The Bertz CT molecular complexity index is 274. The minimum Gasteiger partial charge on any atom is -0.480 e. The van der Waals surface area contributed by atoms with Gasteiger partial charge in [-0.05, 0) is 31.4 Å². The number of carboxylic acid groups (broad SMARTS) is 1. The lowest BCUT2D eigenvalue weighted by Crippen LogP contribution is -2.47. The van der Waals surface area contributed by atoms with Crippen molar-refractivity contribution < 1.29 is 14.7 Å². The van der Waals surface area contributed by atoms with E-state index in [0.29, 0.717) is 31.6 Å². The van der Waals surface area contributed by atoms with Crippen molar-refractivity contribution in [1.29, 1.82) is 0 Å². The number of nitrogens with one attached hydrogen (secondary N) is 1. The number of carbonyl (C=O) groups excluding carboxylic acids is 1. The second-order valence-corrected chi connectivity index (χ2v) is 5.43. The fourth-order valence-electron chi connectivity index (χ4n) is 1.40. The Morgan fingerprint density at radius 3 is 2.56 bits per heavy atom. The molecule has 0 aromatic heterocycles. The average Bonchev–Trinajstić information content (AvgIpc) is 2.35. The highest BCUT2D eigenvalue weighted by atomic mass is 32.2. The van der Waals surface area contributed by atoms with Crippen LogP contribution in [-0.2, 0) is 9.59 Å². The third-order valence-electron chi connectivity index (χ3n) is 2.77. The fraction of sp³-hybridized carbons (Fsp3) is 0.833. The summed E-state index contributed by atoms with van der Waals surface area (Å²) in [5.74, 6) is 0.271. The van der Waals surface area contributed by atoms with E-state index < -0.39 is 11.5 Å². The Hall–Kier alpha value is -0.750. The molecule has 0 aliphatic rings. The molecule has 0 aromatic carbocycles. The van der Waals surface area contributed by atoms with Crippen LogP contribution in [0.1, 0.15) is 39.5 Å². The van der Waals surface area contributed by atoms with Crippen molar-refractivity contribution >= 4 is 23.6 Å². The largest absolute Gasteiger partial charge is 0.480 e. The van der Waals surface area contributed by atoms with Gasteiger partial charge in [-0.3, -0.25) is 9.59 Å². The van der Waals surface area contributed by atoms with Gasteiger partial charge >= 0.3 is 5.97 Å². The molecule has 0 saturated heterocycles. The Balaban J connectivity index is 3.67. The molecular weight excluding hydrogens is 252 g/mol. The van der Waals surface area contributed by atoms with Gasteiger partial charge in [0.2, 0.25) is 5.91 Å². The van der Waals surface area contributed by atoms with Gasteiger partial charge in [0.15, 0.2) is 0 Å². The Morgan fingerprint density at radius 1 is 1.39 bits per heavy atom. The first-order valence-corrected chi connectivity index (χ1v) is 7.48. The Kier molecular flexibility index (Phi) is 8.83. The lowest BCUT2D eigenvalue weighted by Gasteiger charge is -2.22. The van der Waals surface area contributed by atoms with Gasteiger partial charge in [-0.15, -0.1) is 0 Å². The molecule has 0 bridgehead atoms. The normalized spacial score (nSPS) is 13.9. The smallest absolute Gasteiger partial charge is 0.323 e. The number of carboxylic acids is 1. The number of hydrogen-bond donors (Lipinski definition) is 3. The van der Waals surface area contributed by atoms with Crippen LogP contribution in [0.3, 0.4) is 0 Å². The summed E-state index contributed by atoms with van der Waals surface area (Å²) in [6.45, 7) is 4.49. The summed E-state index contributed by atoms with van der Waals surface area (Å²) < 4.78 is 0. The molecular formula is C12H24N2O3S. The minimum atomic E-state index is -1.12. The number of thioether (sulfide) groups is 1. The molecule has 18 heavy (non-hydrogen) atoms. The van der Waals surface area contributed by atoms with Gasteiger partial charge in [-0.2, -0.15) is 11.8 Å². The molecule has 0 spiro atoms. The summed E-state index contributed by atoms with van der Waals surface area (Å²) in [6, 6.07) is 0. The van der Waals surface area contributed by atoms with Crippen LogP contribution in [0.4, 0.5) is 0 Å². The van der Waals surface area contributed by atoms with Crippen LogP contribution in [-0.4, -0.2) is 40.6 Å². The molecule has 0 aliphatic heterocycles. The van der Waals surface area contributed by atoms with Gasteiger partial charge in [0, 0.05) is 6.54 Å². The third-order valence-corrected chi connectivity index (χ3v) is 3.82. The molecule has 1 atom stereocenters. The van der Waals surface area contributed by atoms with E-state index in [2.05, 4.69) is 5.32 Å². The number of amides is 1. The van der Waals surface area contributed by atoms with Crippen LogP contribution in [0.5, 0.6) is 0 Å². The maximum atomic E-state index is 11.3. The van der Waals surface area contributed by atoms with Crippen LogP contribution in [0.15, 0.2) is 0 Å². The molecule has 0 aliphatic carbocycles. The highest BCUT2D eigenvalue weighted by Gasteiger charge is 2.30. The maximum absolute atomic E-state index is 11.3. The minimum absolute atomic E-state index is 0.0367. The molecule has 5 nitrogen and oxygen atoms in total. The molecule has 1 unspecified atom stereocenters. The second-order valence-electron chi connectivity index (χ2n) is 4.32. The fourth-order valence-corrected chi connectivity index (χ4v) is 2.19. The quantitative estimate of drug-likeness (QED) is 0.522. The summed E-state index contributed by atoms with van der Waals surface area (Å²) in [5, 5.41) is 11.8. The van der Waals surface area contributed by atoms with Crippen molar-refractivity contribution in [1.82, 2.24) is 5.32 Å². The summed E-state index contributed by atoms with van der Waals surface area (Å²) in [4.78, 5) is 22.2. The summed E-state index contributed by atoms with van der Waals surface area (Å²) in [7, 11) is 0. The van der Waals surface area contributed by atoms with Gasteiger partial charge in [0.05, 0.1) is 5.75 Å². The summed E-state index contributed by atoms with van der Waals surface area (Å²) in [6.07, 6.45) is 2.51. The molecule has 6 heteroatoms. The number of carbonyl (C=O) groups is 2. The topological polar surface area (TPSA) is 92.4 Å². The molecule has 0 aromatic rings. The molecule has 0 rings (SSSR count). The van der Waals surface area contributed by atoms with E-state index in [1.54, 1.807) is 6.92 Å². The van der Waals surface area contributed by atoms with E-state index in [9.17, 15) is 9.59 Å². The molecule has 4 N–H and O–H groups in total. The van der Waals surface area contributed by atoms with Gasteiger partial charge in [-0.1, -0.05) is 13.8 Å². The van der Waals surface area contributed by atoms with Crippen LogP contribution in [0.25, 0.3) is 0 Å². The first kappa shape index (κ1) is 17.2. The van der Waals surface area contributed by atoms with Crippen LogP contribution in [0.2, 0.25) is 0 Å². The summed E-state index contributed by atoms with van der Waals surface area (Å²) >= 11 is 1.51. The zero-order valence-corrected chi connectivity index (χ0v) is 12.0. The number of nitrogens with two attached hydrogens (primary N) is 1. The highest BCUT2D eigenvalue weighted by Crippen LogP contribution is 2.16. The predicted octanol–water partition coefficient (Wildman–Crippen LogP) is 1.22. The molecule has 0 radical (unpaired) electrons. The highest BCUT2D eigenvalue weighted by molar-refractivity contribution is 7.99. The SMILES string of the molecule is CCCNC(=O)CSCCCC(N)(CC)C(=O)O. The Morgan fingerprint density at radius 2 is 2.06 bits per heavy atom. The first-order valence-electron chi connectivity index (χ1n) is 6.33. The molecule has 106 valence electrons. The van der Waals surface area contributed by atoms with Gasteiger partial charge in [0.1, 0.15) is 5.54 Å². The van der Waals surface area contributed by atoms with Crippen LogP contribution in [0, 0.1) is 0 Å². The van der Waals surface area contributed by atoms with Crippen LogP contribution < -0.4 is 11.1 Å². The van der Waals surface area contributed by atoms with Gasteiger partial charge < -0.3 is 16.2 Å². The number of rotatable bonds is 10. The van der Waals surface area contributed by atoms with E-state index in [4.69, 9.17) is 10.8 Å². The van der Waals surface area contributed by atoms with Crippen molar-refractivity contribution in [3.05, 3.63) is 0 Å². The van der Waals surface area contributed by atoms with Gasteiger partial charge in [0.25, 0.3) is 0 Å². The zero-order chi connectivity index (χ0) is 14.0. The number of aliphatic carboxylic acids is 1. The third kappa shape index (κ3) is 6.86. The molecule has 0 heterocycles. The molecule has 1 amide bonds. The van der Waals surface area contributed by atoms with Crippen molar-refractivity contribution in [2.24, 2.45) is 5.73 Å². The first-order chi connectivity index (χ1) is 8.46. The van der Waals surface area contributed by atoms with Gasteiger partial charge in [-0.25, -0.2) is 0 Å². The standard InChI is InChI=1S/C12H24N2O3S/c1-3-7-14-10(15)9-18-8-5-6-12(13,4-2)11(16)17/h3-9,13H2,1-2H3,(H,14,15)(H,16,17). The van der Waals surface area contributed by atoms with E-state index >= 15 is 0 Å². The molecule has 0 fully saturated rings. The lowest BCUT2D eigenvalue weighted by molar-refractivity contribution is -0.143. The van der Waals surface area contributed by atoms with Crippen molar-refractivity contribution in [2.75, 3.05) is 18.1 Å². The van der Waals surface area contributed by atoms with Crippen molar-refractivity contribution in [2.45, 2.75) is 45.1 Å². The number of hydrogen-bond acceptors (Lipinski definition) is 4.